The van der Waals surface area contributed by atoms with Gasteiger partial charge in [0.15, 0.2) is 5.13 Å². The van der Waals surface area contributed by atoms with E-state index in [0.717, 1.165) is 25.0 Å². The summed E-state index contributed by atoms with van der Waals surface area (Å²) in [6.45, 7) is 0. The molecule has 20 heavy (non-hydrogen) atoms. The Balaban J connectivity index is 1.80. The third kappa shape index (κ3) is 2.76. The standard InChI is InChI=1S/C14H12BrFN2OS/c15-10-7-8(16)5-6-9(10)13(19)18-14-17-11-3-1-2-4-12(11)20-14/h5-7H,1-4H2,(H,17,18,19). The van der Waals surface area contributed by atoms with Crippen LogP contribution < -0.4 is 5.32 Å². The number of carbonyl (C=O) groups is 1. The van der Waals surface area contributed by atoms with Crippen molar-refractivity contribution in [3.8, 4) is 0 Å². The van der Waals surface area contributed by atoms with Gasteiger partial charge in [-0.2, -0.15) is 0 Å². The summed E-state index contributed by atoms with van der Waals surface area (Å²) in [5.74, 6) is -0.652. The van der Waals surface area contributed by atoms with E-state index in [2.05, 4.69) is 26.2 Å². The normalized spacial score (nSPS) is 13.9. The molecule has 1 aliphatic carbocycles. The second-order valence-corrected chi connectivity index (χ2v) is 6.61. The highest BCUT2D eigenvalue weighted by atomic mass is 79.9. The molecule has 0 unspecified atom stereocenters. The number of benzene rings is 1. The van der Waals surface area contributed by atoms with Gasteiger partial charge in [0.25, 0.3) is 5.91 Å². The Kier molecular flexibility index (Phi) is 3.85. The van der Waals surface area contributed by atoms with Crippen molar-refractivity contribution in [2.45, 2.75) is 25.7 Å². The van der Waals surface area contributed by atoms with E-state index in [0.29, 0.717) is 15.2 Å². The maximum Gasteiger partial charge on any atom is 0.258 e. The molecule has 0 spiro atoms. The molecule has 1 aliphatic rings. The average molecular weight is 355 g/mol. The van der Waals surface area contributed by atoms with Crippen LogP contribution in [0.2, 0.25) is 0 Å². The minimum atomic E-state index is -0.377. The summed E-state index contributed by atoms with van der Waals surface area (Å²) in [5, 5.41) is 3.42. The maximum atomic E-state index is 13.0. The zero-order valence-electron chi connectivity index (χ0n) is 10.6. The molecule has 3 nitrogen and oxygen atoms in total. The number of aromatic nitrogens is 1. The molecule has 0 atom stereocenters. The van der Waals surface area contributed by atoms with Crippen molar-refractivity contribution >= 4 is 38.3 Å². The zero-order valence-corrected chi connectivity index (χ0v) is 13.0. The monoisotopic (exact) mass is 354 g/mol. The Hall–Kier alpha value is -1.27. The van der Waals surface area contributed by atoms with Crippen LogP contribution in [-0.2, 0) is 12.8 Å². The van der Waals surface area contributed by atoms with E-state index in [1.807, 2.05) is 0 Å². The molecule has 0 saturated heterocycles. The van der Waals surface area contributed by atoms with Gasteiger partial charge in [0.05, 0.1) is 11.3 Å². The molecule has 6 heteroatoms. The Bertz CT molecular complexity index is 648. The molecular formula is C14H12BrFN2OS. The topological polar surface area (TPSA) is 42.0 Å². The molecule has 0 radical (unpaired) electrons. The van der Waals surface area contributed by atoms with Crippen molar-refractivity contribution in [1.29, 1.82) is 0 Å². The minimum absolute atomic E-state index is 0.275. The molecule has 1 amide bonds. The molecule has 0 fully saturated rings. The van der Waals surface area contributed by atoms with E-state index >= 15 is 0 Å². The van der Waals surface area contributed by atoms with Gasteiger partial charge in [-0.05, 0) is 59.8 Å². The fourth-order valence-electron chi connectivity index (χ4n) is 2.24. The molecule has 0 bridgehead atoms. The summed E-state index contributed by atoms with van der Waals surface area (Å²) >= 11 is 4.74. The minimum Gasteiger partial charge on any atom is -0.298 e. The number of aryl methyl sites for hydroxylation is 2. The van der Waals surface area contributed by atoms with E-state index in [9.17, 15) is 9.18 Å². The third-order valence-corrected chi connectivity index (χ3v) is 4.97. The van der Waals surface area contributed by atoms with Crippen molar-refractivity contribution in [1.82, 2.24) is 4.98 Å². The summed E-state index contributed by atoms with van der Waals surface area (Å²) in [5.41, 5.74) is 1.51. The number of amides is 1. The Morgan fingerprint density at radius 3 is 2.90 bits per heavy atom. The van der Waals surface area contributed by atoms with Crippen LogP contribution in [0.4, 0.5) is 9.52 Å². The van der Waals surface area contributed by atoms with Crippen LogP contribution in [0.1, 0.15) is 33.8 Å². The van der Waals surface area contributed by atoms with Crippen molar-refractivity contribution in [3.05, 3.63) is 44.6 Å². The smallest absolute Gasteiger partial charge is 0.258 e. The van der Waals surface area contributed by atoms with E-state index in [1.54, 1.807) is 0 Å². The van der Waals surface area contributed by atoms with Gasteiger partial charge in [-0.15, -0.1) is 11.3 Å². The number of hydrogen-bond acceptors (Lipinski definition) is 3. The molecule has 0 aliphatic heterocycles. The summed E-state index contributed by atoms with van der Waals surface area (Å²) < 4.78 is 13.5. The predicted octanol–water partition coefficient (Wildman–Crippen LogP) is 4.18. The first-order chi connectivity index (χ1) is 9.63. The first-order valence-corrected chi connectivity index (χ1v) is 7.99. The highest BCUT2D eigenvalue weighted by molar-refractivity contribution is 9.10. The van der Waals surface area contributed by atoms with E-state index in [1.165, 1.54) is 40.8 Å². The fourth-order valence-corrected chi connectivity index (χ4v) is 3.82. The van der Waals surface area contributed by atoms with Gasteiger partial charge >= 0.3 is 0 Å². The van der Waals surface area contributed by atoms with Gasteiger partial charge < -0.3 is 0 Å². The second-order valence-electron chi connectivity index (χ2n) is 4.67. The van der Waals surface area contributed by atoms with Gasteiger partial charge in [-0.3, -0.25) is 10.1 Å². The molecule has 1 aromatic heterocycles. The number of nitrogens with zero attached hydrogens (tertiary/aromatic N) is 1. The van der Waals surface area contributed by atoms with Gasteiger partial charge in [-0.1, -0.05) is 0 Å². The lowest BCUT2D eigenvalue weighted by Crippen LogP contribution is -2.12. The summed E-state index contributed by atoms with van der Waals surface area (Å²) in [6.07, 6.45) is 4.38. The number of rotatable bonds is 2. The number of hydrogen-bond donors (Lipinski definition) is 1. The largest absolute Gasteiger partial charge is 0.298 e. The number of carbonyl (C=O) groups excluding carboxylic acids is 1. The van der Waals surface area contributed by atoms with Crippen LogP contribution in [0.25, 0.3) is 0 Å². The third-order valence-electron chi connectivity index (χ3n) is 3.24. The lowest BCUT2D eigenvalue weighted by Gasteiger charge is -2.06. The van der Waals surface area contributed by atoms with Crippen molar-refractivity contribution in [2.75, 3.05) is 5.32 Å². The Morgan fingerprint density at radius 2 is 2.15 bits per heavy atom. The van der Waals surface area contributed by atoms with Crippen LogP contribution in [0.15, 0.2) is 22.7 Å². The van der Waals surface area contributed by atoms with Gasteiger partial charge in [0.1, 0.15) is 5.82 Å². The quantitative estimate of drug-likeness (QED) is 0.878. The second kappa shape index (κ2) is 5.61. The Labute approximate surface area is 128 Å². The van der Waals surface area contributed by atoms with Crippen molar-refractivity contribution in [2.24, 2.45) is 0 Å². The fraction of sp³-hybridized carbons (Fsp3) is 0.286. The highest BCUT2D eigenvalue weighted by Crippen LogP contribution is 2.30. The number of nitrogens with one attached hydrogen (secondary N) is 1. The first-order valence-electron chi connectivity index (χ1n) is 6.38. The maximum absolute atomic E-state index is 13.0. The van der Waals surface area contributed by atoms with Gasteiger partial charge in [0.2, 0.25) is 0 Å². The summed E-state index contributed by atoms with van der Waals surface area (Å²) in [6, 6.07) is 4.01. The molecule has 0 saturated carbocycles. The zero-order chi connectivity index (χ0) is 14.1. The molecule has 1 heterocycles. The van der Waals surface area contributed by atoms with Gasteiger partial charge in [0, 0.05) is 9.35 Å². The van der Waals surface area contributed by atoms with Crippen LogP contribution >= 0.6 is 27.3 Å². The van der Waals surface area contributed by atoms with Crippen LogP contribution in [0.5, 0.6) is 0 Å². The molecule has 1 aromatic carbocycles. The Morgan fingerprint density at radius 1 is 1.35 bits per heavy atom. The molecule has 2 aromatic rings. The predicted molar refractivity (Wildman–Crippen MR) is 80.8 cm³/mol. The lowest BCUT2D eigenvalue weighted by molar-refractivity contribution is 0.102. The number of fused-ring (bicyclic) bond motifs is 1. The number of halogens is 2. The lowest BCUT2D eigenvalue weighted by atomic mass is 10.0. The number of anilines is 1. The van der Waals surface area contributed by atoms with Gasteiger partial charge in [-0.25, -0.2) is 9.37 Å². The highest BCUT2D eigenvalue weighted by Gasteiger charge is 2.17. The average Bonchev–Trinajstić information content (AvgIpc) is 2.80. The van der Waals surface area contributed by atoms with Crippen LogP contribution in [-0.4, -0.2) is 10.9 Å². The molecule has 104 valence electrons. The SMILES string of the molecule is O=C(Nc1nc2c(s1)CCCC2)c1ccc(F)cc1Br. The van der Waals surface area contributed by atoms with Crippen molar-refractivity contribution < 1.29 is 9.18 Å². The molecule has 3 rings (SSSR count). The van der Waals surface area contributed by atoms with E-state index in [4.69, 9.17) is 0 Å². The van der Waals surface area contributed by atoms with E-state index in [-0.39, 0.29) is 11.7 Å². The first kappa shape index (κ1) is 13.7. The van der Waals surface area contributed by atoms with E-state index < -0.39 is 0 Å². The summed E-state index contributed by atoms with van der Waals surface area (Å²) in [7, 11) is 0. The van der Waals surface area contributed by atoms with Crippen LogP contribution in [0.3, 0.4) is 0 Å². The van der Waals surface area contributed by atoms with Crippen LogP contribution in [0, 0.1) is 5.82 Å². The van der Waals surface area contributed by atoms with Crippen molar-refractivity contribution in [3.63, 3.8) is 0 Å². The summed E-state index contributed by atoms with van der Waals surface area (Å²) in [4.78, 5) is 17.9. The molecular weight excluding hydrogens is 343 g/mol. The molecule has 1 N–H and O–H groups in total. The number of thiazole rings is 1.